The van der Waals surface area contributed by atoms with Gasteiger partial charge in [-0.15, -0.1) is 0 Å². The maximum Gasteiger partial charge on any atom is 0.335 e. The second kappa shape index (κ2) is 10.1. The molecule has 1 unspecified atom stereocenters. The van der Waals surface area contributed by atoms with Crippen molar-refractivity contribution in [3.05, 3.63) is 77.8 Å². The maximum atomic E-state index is 12.3. The molecule has 0 fully saturated rings. The van der Waals surface area contributed by atoms with Crippen LogP contribution in [-0.4, -0.2) is 52.8 Å². The number of aromatic carboxylic acids is 1. The van der Waals surface area contributed by atoms with Crippen molar-refractivity contribution < 1.29 is 28.9 Å². The predicted molar refractivity (Wildman–Crippen MR) is 139 cm³/mol. The molecule has 1 amide bonds. The first-order valence-corrected chi connectivity index (χ1v) is 11.5. The Morgan fingerprint density at radius 1 is 1.11 bits per heavy atom. The molecular formula is C27H23N5O6. The Labute approximate surface area is 216 Å². The summed E-state index contributed by atoms with van der Waals surface area (Å²) >= 11 is 0. The Morgan fingerprint density at radius 2 is 1.95 bits per heavy atom. The third-order valence-corrected chi connectivity index (χ3v) is 6.14. The minimum atomic E-state index is -1.08. The van der Waals surface area contributed by atoms with Gasteiger partial charge in [0.1, 0.15) is 0 Å². The van der Waals surface area contributed by atoms with Crippen molar-refractivity contribution in [2.75, 3.05) is 26.1 Å². The average Bonchev–Trinajstić information content (AvgIpc) is 3.47. The second-order valence-electron chi connectivity index (χ2n) is 8.46. The van der Waals surface area contributed by atoms with Gasteiger partial charge in [-0.1, -0.05) is 12.1 Å². The van der Waals surface area contributed by atoms with Crippen molar-refractivity contribution >= 4 is 34.2 Å². The summed E-state index contributed by atoms with van der Waals surface area (Å²) < 4.78 is 15.8. The number of carboxylic acid groups (broad SMARTS) is 1. The summed E-state index contributed by atoms with van der Waals surface area (Å²) in [5.74, 6) is -1.53. The maximum absolute atomic E-state index is 12.3. The van der Waals surface area contributed by atoms with Gasteiger partial charge in [0.15, 0.2) is 0 Å². The summed E-state index contributed by atoms with van der Waals surface area (Å²) in [6.45, 7) is 0.411. The number of carbonyl (C=O) groups excluding carboxylic acids is 1. The first kappa shape index (κ1) is 24.5. The fourth-order valence-corrected chi connectivity index (χ4v) is 4.26. The number of fused-ring (bicyclic) bond motifs is 1. The fraction of sp³-hybridized carbons (Fsp3) is 0.148. The molecule has 0 saturated heterocycles. The summed E-state index contributed by atoms with van der Waals surface area (Å²) in [5, 5.41) is 13.5. The number of nitrogens with two attached hydrogens (primary N) is 1. The van der Waals surface area contributed by atoms with Crippen LogP contribution in [0.25, 0.3) is 22.0 Å². The molecule has 5 rings (SSSR count). The number of benzene rings is 2. The summed E-state index contributed by atoms with van der Waals surface area (Å²) in [5.41, 5.74) is 9.46. The Hall–Kier alpha value is -5.19. The summed E-state index contributed by atoms with van der Waals surface area (Å²) in [4.78, 5) is 37.0. The van der Waals surface area contributed by atoms with Crippen molar-refractivity contribution in [3.63, 3.8) is 0 Å². The third kappa shape index (κ3) is 4.64. The van der Waals surface area contributed by atoms with E-state index < -0.39 is 11.9 Å². The molecule has 2 aromatic heterocycles. The van der Waals surface area contributed by atoms with Crippen LogP contribution in [0.4, 0.5) is 11.4 Å². The number of amides is 1. The van der Waals surface area contributed by atoms with E-state index in [0.29, 0.717) is 40.3 Å². The van der Waals surface area contributed by atoms with Gasteiger partial charge in [-0.05, 0) is 41.5 Å². The van der Waals surface area contributed by atoms with Gasteiger partial charge in [0.05, 0.1) is 55.0 Å². The summed E-state index contributed by atoms with van der Waals surface area (Å²) in [6.07, 6.45) is 6.42. The first-order chi connectivity index (χ1) is 18.4. The molecule has 0 aliphatic carbocycles. The Kier molecular flexibility index (Phi) is 6.48. The normalized spacial score (nSPS) is 14.2. The van der Waals surface area contributed by atoms with Gasteiger partial charge in [0.25, 0.3) is 5.91 Å². The molecule has 0 bridgehead atoms. The van der Waals surface area contributed by atoms with Gasteiger partial charge in [-0.2, -0.15) is 4.98 Å². The molecular weight excluding hydrogens is 490 g/mol. The topological polar surface area (TPSA) is 159 Å². The van der Waals surface area contributed by atoms with Crippen LogP contribution in [-0.2, 0) is 4.74 Å². The molecule has 4 aromatic rings. The average molecular weight is 514 g/mol. The summed E-state index contributed by atoms with van der Waals surface area (Å²) in [6, 6.07) is 10.5. The molecule has 11 nitrogen and oxygen atoms in total. The highest BCUT2D eigenvalue weighted by Crippen LogP contribution is 2.36. The van der Waals surface area contributed by atoms with E-state index in [0.717, 1.165) is 11.1 Å². The molecule has 192 valence electrons. The second-order valence-corrected chi connectivity index (χ2v) is 8.46. The van der Waals surface area contributed by atoms with Crippen LogP contribution in [0, 0.1) is 0 Å². The van der Waals surface area contributed by atoms with E-state index in [-0.39, 0.29) is 23.1 Å². The SMILES string of the molecule is COc1ncc(-c2ccc3c(Nc4cc(C(=O)O)cc(C5C=COC5)c4)c(C(N)=O)cnc3c2)c(OC)n1. The molecule has 1 aliphatic heterocycles. The van der Waals surface area contributed by atoms with Crippen LogP contribution in [0.3, 0.4) is 0 Å². The van der Waals surface area contributed by atoms with Gasteiger partial charge >= 0.3 is 12.0 Å². The van der Waals surface area contributed by atoms with Gasteiger partial charge < -0.3 is 30.4 Å². The number of hydrogen-bond acceptors (Lipinski definition) is 9. The van der Waals surface area contributed by atoms with Gasteiger partial charge in [-0.3, -0.25) is 9.78 Å². The van der Waals surface area contributed by atoms with Crippen LogP contribution in [0.15, 0.2) is 61.1 Å². The lowest BCUT2D eigenvalue weighted by atomic mass is 9.97. The van der Waals surface area contributed by atoms with Crippen molar-refractivity contribution in [3.8, 4) is 23.0 Å². The molecule has 11 heteroatoms. The minimum Gasteiger partial charge on any atom is -0.501 e. The van der Waals surface area contributed by atoms with Gasteiger partial charge in [0, 0.05) is 29.4 Å². The number of carboxylic acids is 1. The number of nitrogens with one attached hydrogen (secondary N) is 1. The summed E-state index contributed by atoms with van der Waals surface area (Å²) in [7, 11) is 2.96. The molecule has 0 saturated carbocycles. The number of carbonyl (C=O) groups is 2. The van der Waals surface area contributed by atoms with Crippen LogP contribution in [0.5, 0.6) is 11.9 Å². The molecule has 0 radical (unpaired) electrons. The monoisotopic (exact) mass is 513 g/mol. The van der Waals surface area contributed by atoms with Crippen molar-refractivity contribution in [2.45, 2.75) is 5.92 Å². The van der Waals surface area contributed by atoms with E-state index in [1.54, 1.807) is 30.7 Å². The largest absolute Gasteiger partial charge is 0.501 e. The molecule has 4 N–H and O–H groups in total. The number of nitrogens with zero attached hydrogens (tertiary/aromatic N) is 3. The molecule has 0 spiro atoms. The van der Waals surface area contributed by atoms with E-state index in [2.05, 4.69) is 20.3 Å². The predicted octanol–water partition coefficient (Wildman–Crippen LogP) is 3.88. The number of hydrogen-bond donors (Lipinski definition) is 3. The highest BCUT2D eigenvalue weighted by atomic mass is 16.5. The zero-order valence-electron chi connectivity index (χ0n) is 20.5. The smallest absolute Gasteiger partial charge is 0.335 e. The number of anilines is 2. The number of pyridine rings is 1. The molecule has 1 aliphatic rings. The Morgan fingerprint density at radius 3 is 2.63 bits per heavy atom. The van der Waals surface area contributed by atoms with E-state index in [1.807, 2.05) is 18.2 Å². The zero-order valence-corrected chi connectivity index (χ0v) is 20.5. The van der Waals surface area contributed by atoms with Gasteiger partial charge in [0.2, 0.25) is 5.88 Å². The standard InChI is InChI=1S/C27H23N5O6/c1-36-25-20(11-30-27(32-25)37-2)14-3-4-19-22(10-14)29-12-21(24(28)33)23(19)31-18-8-16(15-5-6-38-13-15)7-17(9-18)26(34)35/h3-12,15H,13H2,1-2H3,(H2,28,33)(H,29,31)(H,34,35). The minimum absolute atomic E-state index is 0.0936. The lowest BCUT2D eigenvalue weighted by Gasteiger charge is -2.17. The van der Waals surface area contributed by atoms with E-state index >= 15 is 0 Å². The molecule has 1 atom stereocenters. The van der Waals surface area contributed by atoms with Crippen LogP contribution in [0.2, 0.25) is 0 Å². The quantitative estimate of drug-likeness (QED) is 0.316. The van der Waals surface area contributed by atoms with E-state index in [9.17, 15) is 14.7 Å². The van der Waals surface area contributed by atoms with Crippen molar-refractivity contribution in [2.24, 2.45) is 5.73 Å². The number of aromatic nitrogens is 3. The number of rotatable bonds is 8. The zero-order chi connectivity index (χ0) is 26.8. The lowest BCUT2D eigenvalue weighted by Crippen LogP contribution is -2.14. The van der Waals surface area contributed by atoms with Gasteiger partial charge in [-0.25, -0.2) is 9.78 Å². The number of ether oxygens (including phenoxy) is 3. The highest BCUT2D eigenvalue weighted by Gasteiger charge is 2.20. The number of primary amides is 1. The molecule has 3 heterocycles. The lowest BCUT2D eigenvalue weighted by molar-refractivity contribution is 0.0696. The van der Waals surface area contributed by atoms with Crippen LogP contribution < -0.4 is 20.5 Å². The fourth-order valence-electron chi connectivity index (χ4n) is 4.26. The third-order valence-electron chi connectivity index (χ3n) is 6.14. The van der Waals surface area contributed by atoms with E-state index in [1.165, 1.54) is 26.5 Å². The highest BCUT2D eigenvalue weighted by molar-refractivity contribution is 6.08. The molecule has 2 aromatic carbocycles. The Balaban J connectivity index is 1.61. The van der Waals surface area contributed by atoms with Crippen molar-refractivity contribution in [1.82, 2.24) is 15.0 Å². The van der Waals surface area contributed by atoms with E-state index in [4.69, 9.17) is 19.9 Å². The first-order valence-electron chi connectivity index (χ1n) is 11.5. The Bertz CT molecular complexity index is 1600. The van der Waals surface area contributed by atoms with Crippen LogP contribution in [0.1, 0.15) is 32.2 Å². The molecule has 38 heavy (non-hydrogen) atoms. The van der Waals surface area contributed by atoms with Crippen LogP contribution >= 0.6 is 0 Å². The number of methoxy groups -OCH3 is 2. The van der Waals surface area contributed by atoms with Crippen molar-refractivity contribution in [1.29, 1.82) is 0 Å².